The summed E-state index contributed by atoms with van der Waals surface area (Å²) in [6.07, 6.45) is 4.53. The fourth-order valence-corrected chi connectivity index (χ4v) is 6.06. The maximum Gasteiger partial charge on any atom is 0.313 e. The van der Waals surface area contributed by atoms with E-state index < -0.39 is 20.2 Å². The summed E-state index contributed by atoms with van der Waals surface area (Å²) in [5.74, 6) is 0.683. The van der Waals surface area contributed by atoms with Crippen LogP contribution in [0.1, 0.15) is 80.9 Å². The van der Waals surface area contributed by atoms with Gasteiger partial charge in [-0.25, -0.2) is 4.98 Å². The number of aromatic nitrogens is 1. The van der Waals surface area contributed by atoms with E-state index in [0.717, 1.165) is 41.9 Å². The van der Waals surface area contributed by atoms with E-state index in [1.165, 1.54) is 11.8 Å². The first-order chi connectivity index (χ1) is 19.3. The Bertz CT molecular complexity index is 1260. The molecule has 0 saturated carbocycles. The van der Waals surface area contributed by atoms with E-state index in [1.807, 2.05) is 13.0 Å². The second-order valence-corrected chi connectivity index (χ2v) is 17.2. The molecule has 0 spiro atoms. The lowest BCUT2D eigenvalue weighted by molar-refractivity contribution is -0.138. The molecule has 3 aromatic rings. The van der Waals surface area contributed by atoms with Gasteiger partial charge in [-0.15, -0.1) is 0 Å². The Labute approximate surface area is 246 Å². The standard InChI is InChI=1S/C33H47NO6Si/c1-22-27(37-6)18-26(19-28(22)38-7)31(40-41(8,9)33(3,4)5)25(17-13-16-24-14-11-10-12-15-24)20-30-34-21-29(39-30)23(2)32(35)36/h10-12,14-15,18-19,21,23,25,31H,13,16-17,20H2,1-9H3,(H,35,36). The van der Waals surface area contributed by atoms with E-state index in [4.69, 9.17) is 18.3 Å². The van der Waals surface area contributed by atoms with E-state index >= 15 is 0 Å². The number of ether oxygens (including phenoxy) is 2. The SMILES string of the molecule is COc1cc(C(O[Si](C)(C)C(C)(C)C)C(CCCc2ccccc2)Cc2ncc(C(C)C(=O)O)o2)cc(OC)c1C. The van der Waals surface area contributed by atoms with Crippen LogP contribution in [0.15, 0.2) is 53.1 Å². The van der Waals surface area contributed by atoms with Gasteiger partial charge < -0.3 is 23.4 Å². The van der Waals surface area contributed by atoms with Crippen molar-refractivity contribution in [1.29, 1.82) is 0 Å². The van der Waals surface area contributed by atoms with Gasteiger partial charge in [0.05, 0.1) is 26.5 Å². The molecule has 0 fully saturated rings. The van der Waals surface area contributed by atoms with Gasteiger partial charge in [-0.2, -0.15) is 0 Å². The van der Waals surface area contributed by atoms with Crippen LogP contribution in [-0.2, 0) is 22.1 Å². The van der Waals surface area contributed by atoms with Crippen LogP contribution in [-0.4, -0.2) is 38.6 Å². The molecule has 0 aliphatic heterocycles. The summed E-state index contributed by atoms with van der Waals surface area (Å²) in [4.78, 5) is 16.1. The average molecular weight is 582 g/mol. The number of carboxylic acid groups (broad SMARTS) is 1. The molecule has 3 unspecified atom stereocenters. The van der Waals surface area contributed by atoms with Crippen molar-refractivity contribution in [3.8, 4) is 11.5 Å². The third-order valence-electron chi connectivity index (χ3n) is 8.45. The highest BCUT2D eigenvalue weighted by atomic mass is 28.4. The summed E-state index contributed by atoms with van der Waals surface area (Å²) in [6, 6.07) is 14.6. The molecule has 0 aliphatic carbocycles. The molecule has 2 aromatic carbocycles. The Morgan fingerprint density at radius 3 is 2.22 bits per heavy atom. The van der Waals surface area contributed by atoms with Gasteiger partial charge in [-0.05, 0) is 80.4 Å². The zero-order valence-corrected chi connectivity index (χ0v) is 27.1. The Kier molecular flexibility index (Phi) is 10.8. The highest BCUT2D eigenvalue weighted by Crippen LogP contribution is 2.45. The highest BCUT2D eigenvalue weighted by Gasteiger charge is 2.42. The molecule has 0 radical (unpaired) electrons. The second-order valence-electron chi connectivity index (χ2n) is 12.4. The lowest BCUT2D eigenvalue weighted by Gasteiger charge is -2.42. The number of aryl methyl sites for hydroxylation is 1. The predicted octanol–water partition coefficient (Wildman–Crippen LogP) is 8.13. The number of methoxy groups -OCH3 is 2. The Morgan fingerprint density at radius 1 is 1.07 bits per heavy atom. The summed E-state index contributed by atoms with van der Waals surface area (Å²) >= 11 is 0. The third kappa shape index (κ3) is 8.23. The summed E-state index contributed by atoms with van der Waals surface area (Å²) in [5, 5.41) is 9.48. The molecule has 0 bridgehead atoms. The summed E-state index contributed by atoms with van der Waals surface area (Å²) in [7, 11) is 1.10. The van der Waals surface area contributed by atoms with Crippen LogP contribution < -0.4 is 9.47 Å². The number of benzene rings is 2. The molecule has 7 nitrogen and oxygen atoms in total. The average Bonchev–Trinajstić information content (AvgIpc) is 3.39. The van der Waals surface area contributed by atoms with Crippen LogP contribution in [0.25, 0.3) is 0 Å². The van der Waals surface area contributed by atoms with Gasteiger partial charge in [-0.3, -0.25) is 4.79 Å². The molecule has 41 heavy (non-hydrogen) atoms. The number of carboxylic acids is 1. The van der Waals surface area contributed by atoms with Gasteiger partial charge in [0, 0.05) is 12.0 Å². The first-order valence-electron chi connectivity index (χ1n) is 14.4. The van der Waals surface area contributed by atoms with Crippen LogP contribution in [0, 0.1) is 12.8 Å². The summed E-state index contributed by atoms with van der Waals surface area (Å²) in [6.45, 7) is 14.8. The van der Waals surface area contributed by atoms with Crippen LogP contribution in [0.5, 0.6) is 11.5 Å². The van der Waals surface area contributed by atoms with Gasteiger partial charge in [0.1, 0.15) is 23.2 Å². The minimum Gasteiger partial charge on any atom is -0.496 e. The van der Waals surface area contributed by atoms with Crippen molar-refractivity contribution < 1.29 is 28.2 Å². The second kappa shape index (κ2) is 13.7. The van der Waals surface area contributed by atoms with Crippen molar-refractivity contribution in [1.82, 2.24) is 4.98 Å². The minimum absolute atomic E-state index is 0.00821. The van der Waals surface area contributed by atoms with Crippen LogP contribution in [0.2, 0.25) is 18.1 Å². The van der Waals surface area contributed by atoms with E-state index in [2.05, 4.69) is 75.2 Å². The van der Waals surface area contributed by atoms with Gasteiger partial charge in [0.2, 0.25) is 0 Å². The molecule has 3 atom stereocenters. The fourth-order valence-electron chi connectivity index (χ4n) is 4.74. The van der Waals surface area contributed by atoms with E-state index in [1.54, 1.807) is 21.1 Å². The number of aliphatic carboxylic acids is 1. The van der Waals surface area contributed by atoms with Crippen LogP contribution in [0.4, 0.5) is 0 Å². The number of hydrogen-bond acceptors (Lipinski definition) is 6. The molecule has 3 rings (SSSR count). The smallest absolute Gasteiger partial charge is 0.313 e. The molecule has 0 aliphatic rings. The van der Waals surface area contributed by atoms with Gasteiger partial charge in [0.25, 0.3) is 0 Å². The Morgan fingerprint density at radius 2 is 1.68 bits per heavy atom. The monoisotopic (exact) mass is 581 g/mol. The Hall–Kier alpha value is -3.10. The minimum atomic E-state index is -2.24. The molecule has 1 N–H and O–H groups in total. The molecule has 224 valence electrons. The zero-order valence-electron chi connectivity index (χ0n) is 26.1. The lowest BCUT2D eigenvalue weighted by atomic mass is 9.87. The molecule has 1 aromatic heterocycles. The van der Waals surface area contributed by atoms with E-state index in [9.17, 15) is 9.90 Å². The predicted molar refractivity (Wildman–Crippen MR) is 164 cm³/mol. The lowest BCUT2D eigenvalue weighted by Crippen LogP contribution is -2.43. The summed E-state index contributed by atoms with van der Waals surface area (Å²) in [5.41, 5.74) is 3.22. The van der Waals surface area contributed by atoms with Gasteiger partial charge in [-0.1, -0.05) is 51.1 Å². The molecular formula is C33H47NO6Si. The first kappa shape index (κ1) is 32.4. The highest BCUT2D eigenvalue weighted by molar-refractivity contribution is 6.74. The number of nitrogens with zero attached hydrogens (tertiary/aromatic N) is 1. The van der Waals surface area contributed by atoms with Crippen molar-refractivity contribution >= 4 is 14.3 Å². The number of carbonyl (C=O) groups is 1. The fraction of sp³-hybridized carbons (Fsp3) is 0.515. The molecular weight excluding hydrogens is 534 g/mol. The Balaban J connectivity index is 2.07. The number of rotatable bonds is 14. The van der Waals surface area contributed by atoms with Gasteiger partial charge >= 0.3 is 5.97 Å². The summed E-state index contributed by atoms with van der Waals surface area (Å²) < 4.78 is 24.7. The van der Waals surface area contributed by atoms with E-state index in [0.29, 0.717) is 18.1 Å². The van der Waals surface area contributed by atoms with Crippen molar-refractivity contribution in [3.05, 3.63) is 77.0 Å². The van der Waals surface area contributed by atoms with Crippen LogP contribution >= 0.6 is 0 Å². The van der Waals surface area contributed by atoms with Crippen molar-refractivity contribution in [2.45, 2.75) is 90.5 Å². The third-order valence-corrected chi connectivity index (χ3v) is 12.9. The zero-order chi connectivity index (χ0) is 30.4. The molecule has 1 heterocycles. The largest absolute Gasteiger partial charge is 0.496 e. The molecule has 0 saturated heterocycles. The first-order valence-corrected chi connectivity index (χ1v) is 17.3. The van der Waals surface area contributed by atoms with Gasteiger partial charge in [0.15, 0.2) is 14.2 Å². The topological polar surface area (TPSA) is 91.0 Å². The quantitative estimate of drug-likeness (QED) is 0.192. The molecule has 8 heteroatoms. The van der Waals surface area contributed by atoms with Crippen molar-refractivity contribution in [3.63, 3.8) is 0 Å². The maximum absolute atomic E-state index is 11.6. The number of oxazole rings is 1. The number of hydrogen-bond donors (Lipinski definition) is 1. The van der Waals surface area contributed by atoms with Crippen molar-refractivity contribution in [2.24, 2.45) is 5.92 Å². The van der Waals surface area contributed by atoms with Crippen molar-refractivity contribution in [2.75, 3.05) is 14.2 Å². The van der Waals surface area contributed by atoms with E-state index in [-0.39, 0.29) is 17.1 Å². The van der Waals surface area contributed by atoms with Crippen LogP contribution in [0.3, 0.4) is 0 Å². The molecule has 0 amide bonds. The maximum atomic E-state index is 11.6. The normalized spacial score (nSPS) is 14.4.